The highest BCUT2D eigenvalue weighted by molar-refractivity contribution is 7.89. The Hall–Kier alpha value is -2.43. The van der Waals surface area contributed by atoms with Gasteiger partial charge < -0.3 is 4.90 Å². The number of rotatable bonds is 5. The van der Waals surface area contributed by atoms with Crippen LogP contribution in [0.15, 0.2) is 47.4 Å². The van der Waals surface area contributed by atoms with Gasteiger partial charge in [0, 0.05) is 32.6 Å². The van der Waals surface area contributed by atoms with Crippen molar-refractivity contribution in [1.82, 2.24) is 18.0 Å². The second-order valence-electron chi connectivity index (χ2n) is 6.80. The van der Waals surface area contributed by atoms with Crippen molar-refractivity contribution in [3.05, 3.63) is 53.8 Å². The van der Waals surface area contributed by atoms with Crippen LogP contribution in [0.4, 0.5) is 4.39 Å². The van der Waals surface area contributed by atoms with Crippen LogP contribution in [0.25, 0.3) is 11.0 Å². The Bertz CT molecular complexity index is 1140. The Morgan fingerprint density at radius 1 is 1.07 bits per heavy atom. The topological polar surface area (TPSA) is 83.5 Å². The molecule has 1 aliphatic heterocycles. The van der Waals surface area contributed by atoms with Gasteiger partial charge in [-0.15, -0.1) is 0 Å². The fourth-order valence-corrected chi connectivity index (χ4v) is 5.58. The third-order valence-corrected chi connectivity index (χ3v) is 7.45. The van der Waals surface area contributed by atoms with Crippen molar-refractivity contribution in [2.45, 2.75) is 17.7 Å². The molecule has 1 fully saturated rings. The minimum absolute atomic E-state index is 0.0582. The summed E-state index contributed by atoms with van der Waals surface area (Å²) in [6, 6.07) is 11.1. The third kappa shape index (κ3) is 4.14. The molecule has 1 aliphatic rings. The second-order valence-corrected chi connectivity index (χ2v) is 9.24. The summed E-state index contributed by atoms with van der Waals surface area (Å²) in [6.07, 6.45) is 0.716. The average molecular weight is 435 g/mol. The lowest BCUT2D eigenvalue weighted by molar-refractivity contribution is -0.132. The summed E-state index contributed by atoms with van der Waals surface area (Å²) in [5.74, 6) is -0.379. The van der Waals surface area contributed by atoms with E-state index in [4.69, 9.17) is 0 Å². The van der Waals surface area contributed by atoms with E-state index in [1.165, 1.54) is 22.5 Å². The van der Waals surface area contributed by atoms with E-state index in [0.717, 1.165) is 17.3 Å². The lowest BCUT2D eigenvalue weighted by atomic mass is 10.1. The van der Waals surface area contributed by atoms with Crippen LogP contribution in [-0.2, 0) is 21.2 Å². The molecule has 0 radical (unpaired) electrons. The van der Waals surface area contributed by atoms with Crippen molar-refractivity contribution in [2.24, 2.45) is 0 Å². The molecule has 2 aromatic carbocycles. The maximum Gasteiger partial charge on any atom is 0.245 e. The lowest BCUT2D eigenvalue weighted by Crippen LogP contribution is -2.50. The number of carbonyl (C=O) groups is 1. The molecular formula is C19H19FN4O3S2. The molecule has 0 unspecified atom stereocenters. The zero-order valence-electron chi connectivity index (χ0n) is 15.5. The van der Waals surface area contributed by atoms with Gasteiger partial charge >= 0.3 is 0 Å². The van der Waals surface area contributed by atoms with E-state index in [1.807, 2.05) is 0 Å². The van der Waals surface area contributed by atoms with E-state index in [9.17, 15) is 17.6 Å². The summed E-state index contributed by atoms with van der Waals surface area (Å²) in [7, 11) is -3.71. The number of aromatic nitrogens is 2. The molecular weight excluding hydrogens is 415 g/mol. The highest BCUT2D eigenvalue weighted by atomic mass is 32.2. The van der Waals surface area contributed by atoms with Crippen LogP contribution in [0.5, 0.6) is 0 Å². The van der Waals surface area contributed by atoms with Crippen LogP contribution in [0.1, 0.15) is 12.0 Å². The van der Waals surface area contributed by atoms with Crippen molar-refractivity contribution in [1.29, 1.82) is 0 Å². The van der Waals surface area contributed by atoms with E-state index in [-0.39, 0.29) is 36.1 Å². The summed E-state index contributed by atoms with van der Waals surface area (Å²) in [5, 5.41) is 0. The first-order chi connectivity index (χ1) is 13.9. The van der Waals surface area contributed by atoms with E-state index in [2.05, 4.69) is 8.75 Å². The highest BCUT2D eigenvalue weighted by Crippen LogP contribution is 2.25. The predicted molar refractivity (Wildman–Crippen MR) is 107 cm³/mol. The van der Waals surface area contributed by atoms with E-state index >= 15 is 0 Å². The molecule has 152 valence electrons. The molecule has 1 saturated heterocycles. The molecule has 0 atom stereocenters. The Labute approximate surface area is 172 Å². The Morgan fingerprint density at radius 3 is 2.59 bits per heavy atom. The quantitative estimate of drug-likeness (QED) is 0.615. The molecule has 10 heteroatoms. The zero-order chi connectivity index (χ0) is 20.4. The predicted octanol–water partition coefficient (Wildman–Crippen LogP) is 2.30. The summed E-state index contributed by atoms with van der Waals surface area (Å²) >= 11 is 0.979. The minimum atomic E-state index is -3.71. The van der Waals surface area contributed by atoms with Gasteiger partial charge in [-0.2, -0.15) is 13.1 Å². The molecule has 0 bridgehead atoms. The Balaban J connectivity index is 1.38. The van der Waals surface area contributed by atoms with E-state index < -0.39 is 10.0 Å². The summed E-state index contributed by atoms with van der Waals surface area (Å²) < 4.78 is 48.9. The normalized spacial score (nSPS) is 15.7. The van der Waals surface area contributed by atoms with Gasteiger partial charge in [-0.25, -0.2) is 12.8 Å². The molecule has 0 aliphatic carbocycles. The number of amides is 1. The second kappa shape index (κ2) is 8.13. The fraction of sp³-hybridized carbons (Fsp3) is 0.316. The summed E-state index contributed by atoms with van der Waals surface area (Å²) in [5.41, 5.74) is 1.71. The SMILES string of the molecule is O=C(CCc1cccc(F)c1)N1CCN(S(=O)(=O)c2cccc3nsnc23)CC1. The number of halogens is 1. The van der Waals surface area contributed by atoms with Gasteiger partial charge in [-0.05, 0) is 36.2 Å². The maximum absolute atomic E-state index is 13.3. The fourth-order valence-electron chi connectivity index (χ4n) is 3.41. The van der Waals surface area contributed by atoms with Crippen LogP contribution in [0.3, 0.4) is 0 Å². The molecule has 3 aromatic rings. The number of hydrogen-bond donors (Lipinski definition) is 0. The van der Waals surface area contributed by atoms with Crippen molar-refractivity contribution in [3.63, 3.8) is 0 Å². The van der Waals surface area contributed by atoms with Crippen LogP contribution in [0, 0.1) is 5.82 Å². The lowest BCUT2D eigenvalue weighted by Gasteiger charge is -2.34. The van der Waals surface area contributed by atoms with Gasteiger partial charge in [0.15, 0.2) is 0 Å². The minimum Gasteiger partial charge on any atom is -0.340 e. The van der Waals surface area contributed by atoms with Gasteiger partial charge in [-0.1, -0.05) is 18.2 Å². The number of sulfonamides is 1. The van der Waals surface area contributed by atoms with Gasteiger partial charge in [-0.3, -0.25) is 4.79 Å². The molecule has 0 spiro atoms. The number of fused-ring (bicyclic) bond motifs is 1. The molecule has 1 amide bonds. The van der Waals surface area contributed by atoms with Crippen LogP contribution in [0.2, 0.25) is 0 Å². The number of hydrogen-bond acceptors (Lipinski definition) is 6. The van der Waals surface area contributed by atoms with Crippen LogP contribution < -0.4 is 0 Å². The van der Waals surface area contributed by atoms with Gasteiger partial charge in [0.25, 0.3) is 0 Å². The highest BCUT2D eigenvalue weighted by Gasteiger charge is 2.31. The molecule has 0 N–H and O–H groups in total. The Morgan fingerprint density at radius 2 is 1.83 bits per heavy atom. The van der Waals surface area contributed by atoms with Crippen molar-refractivity contribution >= 4 is 38.7 Å². The number of carbonyl (C=O) groups excluding carboxylic acids is 1. The number of aryl methyl sites for hydroxylation is 1. The molecule has 4 rings (SSSR count). The number of benzene rings is 2. The standard InChI is InChI=1S/C19H19FN4O3S2/c20-15-4-1-3-14(13-15)7-8-18(25)23-9-11-24(12-10-23)29(26,27)17-6-2-5-16-19(17)22-28-21-16/h1-6,13H,7-12H2. The largest absolute Gasteiger partial charge is 0.340 e. The first-order valence-corrected chi connectivity index (χ1v) is 11.4. The van der Waals surface area contributed by atoms with E-state index in [0.29, 0.717) is 30.5 Å². The van der Waals surface area contributed by atoms with Crippen molar-refractivity contribution in [2.75, 3.05) is 26.2 Å². The molecule has 7 nitrogen and oxygen atoms in total. The number of nitrogens with zero attached hydrogens (tertiary/aromatic N) is 4. The van der Waals surface area contributed by atoms with E-state index in [1.54, 1.807) is 29.2 Å². The van der Waals surface area contributed by atoms with Crippen LogP contribution in [-0.4, -0.2) is 58.5 Å². The maximum atomic E-state index is 13.3. The van der Waals surface area contributed by atoms with Crippen molar-refractivity contribution in [3.8, 4) is 0 Å². The average Bonchev–Trinajstić information content (AvgIpc) is 3.21. The van der Waals surface area contributed by atoms with Crippen LogP contribution >= 0.6 is 11.7 Å². The smallest absolute Gasteiger partial charge is 0.245 e. The molecule has 2 heterocycles. The monoisotopic (exact) mass is 434 g/mol. The molecule has 29 heavy (non-hydrogen) atoms. The van der Waals surface area contributed by atoms with Gasteiger partial charge in [0.05, 0.1) is 11.7 Å². The Kier molecular flexibility index (Phi) is 5.57. The first kappa shape index (κ1) is 19.9. The van der Waals surface area contributed by atoms with Gasteiger partial charge in [0.2, 0.25) is 15.9 Å². The molecule has 0 saturated carbocycles. The van der Waals surface area contributed by atoms with Gasteiger partial charge in [0.1, 0.15) is 21.7 Å². The molecule has 1 aromatic heterocycles. The summed E-state index contributed by atoms with van der Waals surface area (Å²) in [4.78, 5) is 14.3. The van der Waals surface area contributed by atoms with Crippen molar-refractivity contribution < 1.29 is 17.6 Å². The summed E-state index contributed by atoms with van der Waals surface area (Å²) in [6.45, 7) is 1.10. The number of piperazine rings is 1. The first-order valence-electron chi connectivity index (χ1n) is 9.19. The third-order valence-electron chi connectivity index (χ3n) is 4.97. The zero-order valence-corrected chi connectivity index (χ0v) is 17.1.